The summed E-state index contributed by atoms with van der Waals surface area (Å²) in [5.41, 5.74) is 0. The fraction of sp³-hybridized carbons (Fsp3) is 1.00. The van der Waals surface area contributed by atoms with Gasteiger partial charge in [0.25, 0.3) is 0 Å². The molecule has 0 aliphatic heterocycles. The monoisotopic (exact) mass is 381 g/mol. The molecule has 0 saturated carbocycles. The van der Waals surface area contributed by atoms with Gasteiger partial charge >= 0.3 is 7.82 Å². The minimum Gasteiger partial charge on any atom is -0.848 e. The second-order valence-corrected chi connectivity index (χ2v) is 9.00. The van der Waals surface area contributed by atoms with Crippen molar-refractivity contribution in [3.63, 3.8) is 0 Å². The molecule has 152 valence electrons. The molecule has 0 rings (SSSR count). The minimum absolute atomic E-state index is 0.0394. The quantitative estimate of drug-likeness (QED) is 0.229. The Morgan fingerprint density at radius 1 is 0.960 bits per heavy atom. The van der Waals surface area contributed by atoms with Gasteiger partial charge in [-0.1, -0.05) is 83.7 Å². The van der Waals surface area contributed by atoms with Crippen LogP contribution in [0, 0.1) is 0 Å². The van der Waals surface area contributed by atoms with Gasteiger partial charge in [-0.25, -0.2) is 4.57 Å². The van der Waals surface area contributed by atoms with Crippen molar-refractivity contribution in [2.45, 2.75) is 83.7 Å². The number of hydrogen-bond donors (Lipinski definition) is 2. The van der Waals surface area contributed by atoms with E-state index in [2.05, 4.69) is 11.4 Å². The summed E-state index contributed by atoms with van der Waals surface area (Å²) in [7, 11) is -0.623. The Bertz CT molecular complexity index is 359. The molecule has 0 aromatic carbocycles. The molecule has 0 radical (unpaired) electrons. The molecular weight excluding hydrogens is 341 g/mol. The van der Waals surface area contributed by atoms with Gasteiger partial charge < -0.3 is 19.4 Å². The number of unbranched alkanes of at least 4 members (excludes halogenated alkanes) is 9. The van der Waals surface area contributed by atoms with Gasteiger partial charge in [0.1, 0.15) is 13.2 Å². The molecule has 0 bridgehead atoms. The highest BCUT2D eigenvalue weighted by Gasteiger charge is 2.20. The molecule has 1 unspecified atom stereocenters. The highest BCUT2D eigenvalue weighted by Crippen LogP contribution is 2.35. The molecule has 7 heteroatoms. The zero-order chi connectivity index (χ0) is 19.2. The number of phosphoric ester groups is 1. The summed E-state index contributed by atoms with van der Waals surface area (Å²) in [5.74, 6) is 0. The van der Waals surface area contributed by atoms with E-state index in [1.807, 2.05) is 14.1 Å². The molecule has 25 heavy (non-hydrogen) atoms. The molecule has 6 nitrogen and oxygen atoms in total. The van der Waals surface area contributed by atoms with Crippen LogP contribution in [0.25, 0.3) is 0 Å². The van der Waals surface area contributed by atoms with Gasteiger partial charge in [-0.2, -0.15) is 0 Å². The Morgan fingerprint density at radius 3 is 1.92 bits per heavy atom. The summed E-state index contributed by atoms with van der Waals surface area (Å²) >= 11 is 0. The van der Waals surface area contributed by atoms with Crippen LogP contribution in [0.4, 0.5) is 0 Å². The van der Waals surface area contributed by atoms with Gasteiger partial charge in [-0.05, 0) is 0 Å². The van der Waals surface area contributed by atoms with Crippen LogP contribution in [0.15, 0.2) is 0 Å². The van der Waals surface area contributed by atoms with Gasteiger partial charge in [-0.3, -0.25) is 4.52 Å². The third-order valence-electron chi connectivity index (χ3n) is 4.53. The van der Waals surface area contributed by atoms with Crippen molar-refractivity contribution < 1.29 is 28.5 Å². The summed E-state index contributed by atoms with van der Waals surface area (Å²) in [4.78, 5) is 17.4. The molecule has 1 atom stereocenters. The average Bonchev–Trinajstić information content (AvgIpc) is 2.47. The standard InChI is InChI=1S/C18H40NO5P/c1-4-5-6-7-8-9-10-11-12-13-14-18(20)17-19(2,3)15-16-24-25(21,22)23/h18H,4-17H2,1-3H3,(H2,21,22,23). The molecule has 2 N–H and O–H groups in total. The van der Waals surface area contributed by atoms with E-state index in [0.717, 1.165) is 12.8 Å². The maximum atomic E-state index is 12.1. The molecule has 0 spiro atoms. The van der Waals surface area contributed by atoms with Crippen LogP contribution in [0.2, 0.25) is 0 Å². The third kappa shape index (κ3) is 18.6. The summed E-state index contributed by atoms with van der Waals surface area (Å²) in [6.45, 7) is 3.07. The highest BCUT2D eigenvalue weighted by atomic mass is 31.2. The van der Waals surface area contributed by atoms with Gasteiger partial charge in [0.05, 0.1) is 20.6 Å². The van der Waals surface area contributed by atoms with Crippen molar-refractivity contribution in [2.75, 3.05) is 33.8 Å². The highest BCUT2D eigenvalue weighted by molar-refractivity contribution is 7.46. The van der Waals surface area contributed by atoms with Crippen LogP contribution in [0.3, 0.4) is 0 Å². The topological polar surface area (TPSA) is 89.8 Å². The molecule has 0 saturated heterocycles. The average molecular weight is 381 g/mol. The molecular formula is C18H40NO5P. The van der Waals surface area contributed by atoms with Crippen LogP contribution in [0.1, 0.15) is 77.6 Å². The van der Waals surface area contributed by atoms with E-state index >= 15 is 0 Å². The first-order chi connectivity index (χ1) is 11.7. The maximum Gasteiger partial charge on any atom is 0.469 e. The first-order valence-electron chi connectivity index (χ1n) is 9.84. The number of nitrogens with zero attached hydrogens (tertiary/aromatic N) is 1. The molecule has 0 aromatic heterocycles. The summed E-state index contributed by atoms with van der Waals surface area (Å²) in [6.07, 6.45) is 12.7. The van der Waals surface area contributed by atoms with Crippen molar-refractivity contribution >= 4 is 7.82 Å². The van der Waals surface area contributed by atoms with Crippen LogP contribution >= 0.6 is 7.82 Å². The zero-order valence-corrected chi connectivity index (χ0v) is 17.4. The van der Waals surface area contributed by atoms with Crippen LogP contribution in [-0.2, 0) is 9.09 Å². The minimum atomic E-state index is -4.41. The Hall–Kier alpha value is 0.0300. The molecule has 0 heterocycles. The van der Waals surface area contributed by atoms with Crippen molar-refractivity contribution in [1.29, 1.82) is 0 Å². The molecule has 0 aliphatic rings. The summed E-state index contributed by atoms with van der Waals surface area (Å²) in [5, 5.41) is 12.1. The first-order valence-corrected chi connectivity index (χ1v) is 11.4. The lowest BCUT2D eigenvalue weighted by atomic mass is 10.0. The van der Waals surface area contributed by atoms with Crippen molar-refractivity contribution in [3.05, 3.63) is 0 Å². The number of quaternary nitrogens is 1. The van der Waals surface area contributed by atoms with Crippen LogP contribution < -0.4 is 5.11 Å². The number of rotatable bonds is 17. The lowest BCUT2D eigenvalue weighted by Gasteiger charge is -2.36. The summed E-state index contributed by atoms with van der Waals surface area (Å²) < 4.78 is 15.5. The van der Waals surface area contributed by atoms with E-state index in [9.17, 15) is 9.67 Å². The van der Waals surface area contributed by atoms with E-state index < -0.39 is 13.9 Å². The van der Waals surface area contributed by atoms with Crippen molar-refractivity contribution in [1.82, 2.24) is 0 Å². The number of hydrogen-bond acceptors (Lipinski definition) is 3. The zero-order valence-electron chi connectivity index (χ0n) is 16.5. The van der Waals surface area contributed by atoms with Crippen molar-refractivity contribution in [2.24, 2.45) is 0 Å². The normalized spacial score (nSPS) is 14.0. The van der Waals surface area contributed by atoms with Gasteiger partial charge in [0.15, 0.2) is 0 Å². The SMILES string of the molecule is CCCCCCCCCCCCC([O-])C[N+](C)(C)CCOP(=O)(O)O. The van der Waals surface area contributed by atoms with E-state index in [-0.39, 0.29) is 6.61 Å². The molecule has 0 aliphatic carbocycles. The van der Waals surface area contributed by atoms with E-state index in [4.69, 9.17) is 9.79 Å². The number of likely N-dealkylation sites (N-methyl/N-ethyl adjacent to an activating group) is 1. The Labute approximate surface area is 154 Å². The smallest absolute Gasteiger partial charge is 0.469 e. The van der Waals surface area contributed by atoms with E-state index in [1.165, 1.54) is 51.4 Å². The third-order valence-corrected chi connectivity index (χ3v) is 5.05. The second kappa shape index (κ2) is 14.1. The lowest BCUT2D eigenvalue weighted by Crippen LogP contribution is -2.50. The summed E-state index contributed by atoms with van der Waals surface area (Å²) in [6, 6.07) is 0. The fourth-order valence-electron chi connectivity index (χ4n) is 3.00. The van der Waals surface area contributed by atoms with Crippen molar-refractivity contribution in [3.8, 4) is 0 Å². The Kier molecular flexibility index (Phi) is 14.1. The fourth-order valence-corrected chi connectivity index (χ4v) is 3.32. The maximum absolute atomic E-state index is 12.1. The first kappa shape index (κ1) is 25.0. The lowest BCUT2D eigenvalue weighted by molar-refractivity contribution is -0.899. The molecule has 0 fully saturated rings. The Morgan fingerprint density at radius 2 is 1.44 bits per heavy atom. The van der Waals surface area contributed by atoms with E-state index in [0.29, 0.717) is 24.0 Å². The predicted octanol–water partition coefficient (Wildman–Crippen LogP) is 3.21. The molecule has 0 amide bonds. The second-order valence-electron chi connectivity index (χ2n) is 7.76. The molecule has 0 aromatic rings. The van der Waals surface area contributed by atoms with Gasteiger partial charge in [0, 0.05) is 0 Å². The largest absolute Gasteiger partial charge is 0.848 e. The number of phosphoric acid groups is 1. The van der Waals surface area contributed by atoms with E-state index in [1.54, 1.807) is 0 Å². The Balaban J connectivity index is 3.58. The van der Waals surface area contributed by atoms with Crippen LogP contribution in [-0.4, -0.2) is 54.2 Å². The van der Waals surface area contributed by atoms with Gasteiger partial charge in [0.2, 0.25) is 0 Å². The van der Waals surface area contributed by atoms with Crippen LogP contribution in [0.5, 0.6) is 0 Å². The van der Waals surface area contributed by atoms with Gasteiger partial charge in [-0.15, -0.1) is 0 Å². The predicted molar refractivity (Wildman–Crippen MR) is 100 cm³/mol.